The minimum atomic E-state index is -3.76. The molecule has 0 fully saturated rings. The van der Waals surface area contributed by atoms with Crippen LogP contribution in [-0.2, 0) is 22.0 Å². The van der Waals surface area contributed by atoms with Crippen LogP contribution >= 0.6 is 0 Å². The third-order valence-electron chi connectivity index (χ3n) is 4.57. The second kappa shape index (κ2) is 6.15. The molecule has 4 rings (SSSR count). The average molecular weight is 377 g/mol. The number of hydrogen-bond acceptors (Lipinski definition) is 6. The molecule has 0 aromatic heterocycles. The molecule has 7 nitrogen and oxygen atoms in total. The first kappa shape index (κ1) is 17.1. The number of nitrogens with one attached hydrogen (secondary N) is 1. The van der Waals surface area contributed by atoms with Crippen molar-refractivity contribution < 1.29 is 27.7 Å². The van der Waals surface area contributed by atoms with Crippen LogP contribution in [0.4, 0.5) is 0 Å². The maximum atomic E-state index is 12.6. The average Bonchev–Trinajstić information content (AvgIpc) is 3.27. The topological polar surface area (TPSA) is 94.1 Å². The Labute approximate surface area is 151 Å². The van der Waals surface area contributed by atoms with Gasteiger partial charge in [0.05, 0.1) is 11.5 Å². The summed E-state index contributed by atoms with van der Waals surface area (Å²) in [7, 11) is -3.76. The third-order valence-corrected chi connectivity index (χ3v) is 5.97. The van der Waals surface area contributed by atoms with E-state index in [1.165, 1.54) is 6.07 Å². The zero-order chi connectivity index (χ0) is 18.4. The Bertz CT molecular complexity index is 954. The zero-order valence-corrected chi connectivity index (χ0v) is 15.0. The van der Waals surface area contributed by atoms with Crippen molar-refractivity contribution in [1.29, 1.82) is 0 Å². The molecule has 138 valence electrons. The van der Waals surface area contributed by atoms with Crippen molar-refractivity contribution in [2.75, 3.05) is 19.9 Å². The maximum Gasteiger partial charge on any atom is 0.240 e. The van der Waals surface area contributed by atoms with Crippen LogP contribution in [0.25, 0.3) is 0 Å². The second-order valence-electron chi connectivity index (χ2n) is 6.53. The molecule has 0 saturated carbocycles. The molecule has 8 heteroatoms. The Morgan fingerprint density at radius 3 is 2.69 bits per heavy atom. The highest BCUT2D eigenvalue weighted by molar-refractivity contribution is 7.89. The van der Waals surface area contributed by atoms with Gasteiger partial charge in [-0.1, -0.05) is 6.07 Å². The molecule has 0 aliphatic carbocycles. The summed E-state index contributed by atoms with van der Waals surface area (Å²) >= 11 is 0. The van der Waals surface area contributed by atoms with Crippen molar-refractivity contribution in [3.05, 3.63) is 47.5 Å². The van der Waals surface area contributed by atoms with Crippen molar-refractivity contribution in [3.8, 4) is 17.2 Å². The van der Waals surface area contributed by atoms with Crippen molar-refractivity contribution in [2.24, 2.45) is 0 Å². The lowest BCUT2D eigenvalue weighted by atomic mass is 9.96. The molecular formula is C18H19NO6S. The van der Waals surface area contributed by atoms with Crippen LogP contribution in [0, 0.1) is 0 Å². The number of benzene rings is 2. The summed E-state index contributed by atoms with van der Waals surface area (Å²) in [6, 6.07) is 9.81. The summed E-state index contributed by atoms with van der Waals surface area (Å²) in [6.45, 7) is 2.06. The maximum absolute atomic E-state index is 12.6. The van der Waals surface area contributed by atoms with E-state index >= 15 is 0 Å². The van der Waals surface area contributed by atoms with Crippen LogP contribution < -0.4 is 18.9 Å². The normalized spacial score (nSPS) is 17.5. The first-order chi connectivity index (χ1) is 12.4. The number of sulfonamides is 1. The van der Waals surface area contributed by atoms with Gasteiger partial charge in [-0.15, -0.1) is 0 Å². The van der Waals surface area contributed by atoms with E-state index in [4.69, 9.17) is 14.2 Å². The van der Waals surface area contributed by atoms with E-state index in [2.05, 4.69) is 4.72 Å². The van der Waals surface area contributed by atoms with E-state index in [1.54, 1.807) is 37.3 Å². The quantitative estimate of drug-likeness (QED) is 0.821. The second-order valence-corrected chi connectivity index (χ2v) is 8.30. The minimum Gasteiger partial charge on any atom is -0.493 e. The molecule has 2 aromatic carbocycles. The van der Waals surface area contributed by atoms with E-state index in [1.807, 2.05) is 0 Å². The van der Waals surface area contributed by atoms with Gasteiger partial charge in [0.1, 0.15) is 11.4 Å². The van der Waals surface area contributed by atoms with Gasteiger partial charge < -0.3 is 19.3 Å². The van der Waals surface area contributed by atoms with Crippen LogP contribution in [0.1, 0.15) is 18.1 Å². The van der Waals surface area contributed by atoms with Crippen LogP contribution in [0.15, 0.2) is 41.3 Å². The number of hydrogen-bond donors (Lipinski definition) is 2. The number of fused-ring (bicyclic) bond motifs is 2. The van der Waals surface area contributed by atoms with Crippen molar-refractivity contribution in [3.63, 3.8) is 0 Å². The molecular weight excluding hydrogens is 358 g/mol. The van der Waals surface area contributed by atoms with E-state index in [9.17, 15) is 13.5 Å². The van der Waals surface area contributed by atoms with Gasteiger partial charge in [-0.05, 0) is 48.4 Å². The fourth-order valence-corrected chi connectivity index (χ4v) is 4.16. The predicted molar refractivity (Wildman–Crippen MR) is 93.0 cm³/mol. The largest absolute Gasteiger partial charge is 0.493 e. The Hall–Kier alpha value is -2.29. The molecule has 2 heterocycles. The molecule has 2 aromatic rings. The lowest BCUT2D eigenvalue weighted by molar-refractivity contribution is 0.0625. The van der Waals surface area contributed by atoms with Gasteiger partial charge >= 0.3 is 0 Å². The Balaban J connectivity index is 1.51. The number of aliphatic hydroxyl groups is 1. The minimum absolute atomic E-state index is 0.135. The summed E-state index contributed by atoms with van der Waals surface area (Å²) in [5, 5.41) is 10.7. The summed E-state index contributed by atoms with van der Waals surface area (Å²) in [5.41, 5.74) is -0.00402. The molecule has 0 amide bonds. The van der Waals surface area contributed by atoms with E-state index in [-0.39, 0.29) is 18.2 Å². The highest BCUT2D eigenvalue weighted by atomic mass is 32.2. The molecule has 2 aliphatic heterocycles. The predicted octanol–water partition coefficient (Wildman–Crippen LogP) is 1.54. The third kappa shape index (κ3) is 3.11. The fraction of sp³-hybridized carbons (Fsp3) is 0.333. The summed E-state index contributed by atoms with van der Waals surface area (Å²) in [5.74, 6) is 1.85. The van der Waals surface area contributed by atoms with Gasteiger partial charge in [-0.2, -0.15) is 0 Å². The highest BCUT2D eigenvalue weighted by Crippen LogP contribution is 2.35. The van der Waals surface area contributed by atoms with Gasteiger partial charge in [0, 0.05) is 13.0 Å². The Morgan fingerprint density at radius 1 is 1.08 bits per heavy atom. The van der Waals surface area contributed by atoms with Gasteiger partial charge in [0.15, 0.2) is 11.5 Å². The van der Waals surface area contributed by atoms with Crippen LogP contribution in [0.3, 0.4) is 0 Å². The van der Waals surface area contributed by atoms with Gasteiger partial charge in [0.25, 0.3) is 0 Å². The first-order valence-electron chi connectivity index (χ1n) is 8.23. The summed E-state index contributed by atoms with van der Waals surface area (Å²) in [6.07, 6.45) is 0.688. The molecule has 2 aliphatic rings. The van der Waals surface area contributed by atoms with E-state index < -0.39 is 15.6 Å². The molecule has 1 atom stereocenters. The van der Waals surface area contributed by atoms with Crippen molar-refractivity contribution >= 4 is 10.0 Å². The van der Waals surface area contributed by atoms with Crippen LogP contribution in [-0.4, -0.2) is 33.5 Å². The monoisotopic (exact) mass is 377 g/mol. The van der Waals surface area contributed by atoms with Crippen molar-refractivity contribution in [2.45, 2.75) is 23.8 Å². The molecule has 0 saturated heterocycles. The lowest BCUT2D eigenvalue weighted by Gasteiger charge is -2.24. The lowest BCUT2D eigenvalue weighted by Crippen LogP contribution is -2.38. The smallest absolute Gasteiger partial charge is 0.240 e. The zero-order valence-electron chi connectivity index (χ0n) is 14.2. The molecule has 26 heavy (non-hydrogen) atoms. The SMILES string of the molecule is C[C@@](O)(CNS(=O)(=O)c1ccc2c(c1)CCO2)c1ccc2c(c1)OCO2. The standard InChI is InChI=1S/C18H19NO6S/c1-18(20,13-2-4-16-17(9-13)25-11-24-16)10-19-26(21,22)14-3-5-15-12(8-14)6-7-23-15/h2-5,8-9,19-20H,6-7,10-11H2,1H3/t18-/m1/s1. The molecule has 0 unspecified atom stereocenters. The van der Waals surface area contributed by atoms with Crippen LogP contribution in [0.5, 0.6) is 17.2 Å². The molecule has 0 bridgehead atoms. The first-order valence-corrected chi connectivity index (χ1v) is 9.71. The molecule has 2 N–H and O–H groups in total. The van der Waals surface area contributed by atoms with Gasteiger partial charge in [-0.3, -0.25) is 0 Å². The molecule has 0 spiro atoms. The number of ether oxygens (including phenoxy) is 3. The Kier molecular flexibility index (Phi) is 4.06. The van der Waals surface area contributed by atoms with Gasteiger partial charge in [0.2, 0.25) is 16.8 Å². The van der Waals surface area contributed by atoms with E-state index in [0.29, 0.717) is 30.1 Å². The fourth-order valence-electron chi connectivity index (χ4n) is 2.98. The molecule has 0 radical (unpaired) electrons. The Morgan fingerprint density at radius 2 is 1.85 bits per heavy atom. The summed E-state index contributed by atoms with van der Waals surface area (Å²) < 4.78 is 43.6. The highest BCUT2D eigenvalue weighted by Gasteiger charge is 2.29. The van der Waals surface area contributed by atoms with Crippen molar-refractivity contribution in [1.82, 2.24) is 4.72 Å². The van der Waals surface area contributed by atoms with E-state index in [0.717, 1.165) is 11.3 Å². The summed E-state index contributed by atoms with van der Waals surface area (Å²) in [4.78, 5) is 0.156. The number of rotatable bonds is 5. The van der Waals surface area contributed by atoms with Gasteiger partial charge in [-0.25, -0.2) is 13.1 Å². The van der Waals surface area contributed by atoms with Crippen LogP contribution in [0.2, 0.25) is 0 Å².